The second-order valence-corrected chi connectivity index (χ2v) is 7.49. The van der Waals surface area contributed by atoms with E-state index in [0.29, 0.717) is 6.07 Å². The minimum atomic E-state index is -4.70. The van der Waals surface area contributed by atoms with Crippen molar-refractivity contribution in [2.24, 2.45) is 0 Å². The predicted octanol–water partition coefficient (Wildman–Crippen LogP) is 6.12. The predicted molar refractivity (Wildman–Crippen MR) is 116 cm³/mol. The van der Waals surface area contributed by atoms with Gasteiger partial charge in [0.2, 0.25) is 0 Å². The number of hydrogen-bond donors (Lipinski definition) is 1. The van der Waals surface area contributed by atoms with Gasteiger partial charge in [-0.15, -0.1) is 0 Å². The van der Waals surface area contributed by atoms with Gasteiger partial charge in [-0.3, -0.25) is 0 Å². The quantitative estimate of drug-likeness (QED) is 0.293. The molecule has 0 aromatic heterocycles. The summed E-state index contributed by atoms with van der Waals surface area (Å²) < 4.78 is 57.5. The second kappa shape index (κ2) is 9.37. The summed E-state index contributed by atoms with van der Waals surface area (Å²) in [6.45, 7) is 0.266. The molecule has 0 spiro atoms. The first-order chi connectivity index (χ1) is 15.8. The Balaban J connectivity index is 1.31. The summed E-state index contributed by atoms with van der Waals surface area (Å²) in [4.78, 5) is 12.1. The van der Waals surface area contributed by atoms with E-state index < -0.39 is 23.7 Å². The Kier molecular flexibility index (Phi) is 6.36. The summed E-state index contributed by atoms with van der Waals surface area (Å²) in [6, 6.07) is 18.3. The van der Waals surface area contributed by atoms with E-state index in [1.165, 1.54) is 0 Å². The number of nitrogens with one attached hydrogen (secondary N) is 1. The van der Waals surface area contributed by atoms with E-state index in [2.05, 4.69) is 17.2 Å². The van der Waals surface area contributed by atoms with Crippen LogP contribution in [0.3, 0.4) is 0 Å². The average Bonchev–Trinajstić information content (AvgIpc) is 3.11. The van der Waals surface area contributed by atoms with Crippen LogP contribution in [0.4, 0.5) is 22.4 Å². The highest BCUT2D eigenvalue weighted by atomic mass is 19.4. The van der Waals surface area contributed by atoms with Gasteiger partial charge < -0.3 is 10.1 Å². The number of ether oxygens (including phenoxy) is 1. The molecule has 1 aliphatic carbocycles. The van der Waals surface area contributed by atoms with Gasteiger partial charge in [0.15, 0.2) is 0 Å². The molecule has 0 aliphatic heterocycles. The van der Waals surface area contributed by atoms with Crippen LogP contribution in [0.2, 0.25) is 0 Å². The van der Waals surface area contributed by atoms with Crippen LogP contribution >= 0.6 is 0 Å². The lowest BCUT2D eigenvalue weighted by atomic mass is 9.98. The van der Waals surface area contributed by atoms with Crippen LogP contribution in [0.15, 0.2) is 66.7 Å². The Hall–Kier alpha value is -3.79. The number of carbonyl (C=O) groups is 1. The van der Waals surface area contributed by atoms with Gasteiger partial charge in [0.25, 0.3) is 0 Å². The smallest absolute Gasteiger partial charge is 0.417 e. The molecule has 33 heavy (non-hydrogen) atoms. The van der Waals surface area contributed by atoms with Crippen LogP contribution in [0, 0.1) is 17.7 Å². The zero-order valence-corrected chi connectivity index (χ0v) is 17.4. The van der Waals surface area contributed by atoms with Crippen molar-refractivity contribution in [3.63, 3.8) is 0 Å². The molecule has 3 aromatic carbocycles. The first kappa shape index (κ1) is 22.4. The Morgan fingerprint density at radius 2 is 1.61 bits per heavy atom. The van der Waals surface area contributed by atoms with Gasteiger partial charge in [-0.1, -0.05) is 60.4 Å². The molecule has 0 saturated heterocycles. The van der Waals surface area contributed by atoms with Crippen molar-refractivity contribution < 1.29 is 27.1 Å². The fourth-order valence-electron chi connectivity index (χ4n) is 3.89. The van der Waals surface area contributed by atoms with Gasteiger partial charge in [-0.2, -0.15) is 13.2 Å². The van der Waals surface area contributed by atoms with Crippen molar-refractivity contribution in [3.8, 4) is 23.0 Å². The summed E-state index contributed by atoms with van der Waals surface area (Å²) in [7, 11) is 0. The zero-order chi connectivity index (χ0) is 23.4. The van der Waals surface area contributed by atoms with Crippen molar-refractivity contribution in [1.29, 1.82) is 0 Å². The third kappa shape index (κ3) is 5.01. The Bertz CT molecular complexity index is 1200. The van der Waals surface area contributed by atoms with E-state index >= 15 is 0 Å². The van der Waals surface area contributed by atoms with Crippen LogP contribution in [0.25, 0.3) is 11.1 Å². The molecule has 0 radical (unpaired) electrons. The topological polar surface area (TPSA) is 38.3 Å². The number of fused-ring (bicyclic) bond motifs is 3. The van der Waals surface area contributed by atoms with Crippen molar-refractivity contribution in [1.82, 2.24) is 5.32 Å². The van der Waals surface area contributed by atoms with Gasteiger partial charge in [0.05, 0.1) is 5.56 Å². The van der Waals surface area contributed by atoms with Crippen molar-refractivity contribution in [3.05, 3.63) is 94.8 Å². The molecule has 7 heteroatoms. The highest BCUT2D eigenvalue weighted by molar-refractivity contribution is 5.79. The van der Waals surface area contributed by atoms with Crippen molar-refractivity contribution >= 4 is 6.09 Å². The van der Waals surface area contributed by atoms with Gasteiger partial charge in [-0.05, 0) is 40.5 Å². The lowest BCUT2D eigenvalue weighted by molar-refractivity contribution is -0.137. The second-order valence-electron chi connectivity index (χ2n) is 7.49. The van der Waals surface area contributed by atoms with E-state index in [9.17, 15) is 22.4 Å². The van der Waals surface area contributed by atoms with E-state index in [1.807, 2.05) is 48.5 Å². The number of rotatable bonds is 4. The molecule has 4 rings (SSSR count). The molecule has 0 saturated carbocycles. The van der Waals surface area contributed by atoms with Gasteiger partial charge in [-0.25, -0.2) is 9.18 Å². The Morgan fingerprint density at radius 3 is 2.24 bits per heavy atom. The van der Waals surface area contributed by atoms with Crippen molar-refractivity contribution in [2.45, 2.75) is 18.5 Å². The average molecular weight is 453 g/mol. The molecule has 3 nitrogen and oxygen atoms in total. The van der Waals surface area contributed by atoms with E-state index in [-0.39, 0.29) is 31.1 Å². The summed E-state index contributed by atoms with van der Waals surface area (Å²) in [5.41, 5.74) is 2.99. The van der Waals surface area contributed by atoms with Gasteiger partial charge >= 0.3 is 12.3 Å². The molecular weight excluding hydrogens is 434 g/mol. The highest BCUT2D eigenvalue weighted by Crippen LogP contribution is 2.44. The number of carbonyl (C=O) groups excluding carboxylic acids is 1. The molecule has 1 N–H and O–H groups in total. The van der Waals surface area contributed by atoms with Gasteiger partial charge in [0, 0.05) is 24.4 Å². The van der Waals surface area contributed by atoms with Crippen LogP contribution in [-0.4, -0.2) is 19.2 Å². The van der Waals surface area contributed by atoms with Crippen LogP contribution < -0.4 is 5.32 Å². The zero-order valence-electron chi connectivity index (χ0n) is 17.4. The largest absolute Gasteiger partial charge is 0.449 e. The van der Waals surface area contributed by atoms with E-state index in [0.717, 1.165) is 34.4 Å². The molecule has 0 heterocycles. The molecule has 1 amide bonds. The van der Waals surface area contributed by atoms with Crippen LogP contribution in [0.5, 0.6) is 0 Å². The fourth-order valence-corrected chi connectivity index (χ4v) is 3.89. The monoisotopic (exact) mass is 453 g/mol. The maximum atomic E-state index is 13.1. The lowest BCUT2D eigenvalue weighted by Crippen LogP contribution is -2.26. The standard InChI is InChI=1S/C26H19F4NO2/c27-18-13-12-17(24(15-18)26(28,29)30)7-5-6-14-31-25(32)33-16-23-21-10-3-1-8-19(21)20-9-2-4-11-22(20)23/h1-4,8-13,15,23H,6,14,16H2,(H,31,32). The fraction of sp³-hybridized carbons (Fsp3) is 0.192. The molecular formula is C26H19F4NO2. The molecule has 0 bridgehead atoms. The number of alkyl carbamates (subject to hydrolysis) is 1. The number of halogens is 4. The minimum absolute atomic E-state index is 0.0674. The van der Waals surface area contributed by atoms with E-state index in [1.54, 1.807) is 0 Å². The molecule has 168 valence electrons. The Labute approximate surface area is 188 Å². The highest BCUT2D eigenvalue weighted by Gasteiger charge is 2.33. The third-order valence-corrected chi connectivity index (χ3v) is 5.37. The van der Waals surface area contributed by atoms with Gasteiger partial charge in [0.1, 0.15) is 12.4 Å². The lowest BCUT2D eigenvalue weighted by Gasteiger charge is -2.14. The number of alkyl halides is 3. The SMILES string of the molecule is O=C(NCCC#Cc1ccc(F)cc1C(F)(F)F)OCC1c2ccccc2-c2ccccc21. The summed E-state index contributed by atoms with van der Waals surface area (Å²) in [5.74, 6) is 3.91. The summed E-state index contributed by atoms with van der Waals surface area (Å²) >= 11 is 0. The normalized spacial score (nSPS) is 12.4. The number of amides is 1. The third-order valence-electron chi connectivity index (χ3n) is 5.37. The molecule has 0 fully saturated rings. The Morgan fingerprint density at radius 1 is 0.970 bits per heavy atom. The maximum absolute atomic E-state index is 13.1. The van der Waals surface area contributed by atoms with E-state index in [4.69, 9.17) is 4.74 Å². The van der Waals surface area contributed by atoms with Crippen molar-refractivity contribution in [2.75, 3.05) is 13.2 Å². The first-order valence-corrected chi connectivity index (χ1v) is 10.3. The molecule has 0 unspecified atom stereocenters. The maximum Gasteiger partial charge on any atom is 0.417 e. The minimum Gasteiger partial charge on any atom is -0.449 e. The summed E-state index contributed by atoms with van der Waals surface area (Å²) in [5, 5.41) is 2.55. The first-order valence-electron chi connectivity index (χ1n) is 10.3. The molecule has 0 atom stereocenters. The molecule has 1 aliphatic rings. The van der Waals surface area contributed by atoms with Crippen LogP contribution in [0.1, 0.15) is 34.6 Å². The molecule has 3 aromatic rings. The summed E-state index contributed by atoms with van der Waals surface area (Å²) in [6.07, 6.45) is -5.22. The van der Waals surface area contributed by atoms with Crippen LogP contribution in [-0.2, 0) is 10.9 Å². The number of hydrogen-bond acceptors (Lipinski definition) is 2. The number of benzene rings is 3.